The minimum absolute atomic E-state index is 0.137. The first-order chi connectivity index (χ1) is 15.7. The van der Waals surface area contributed by atoms with Gasteiger partial charge in [0.15, 0.2) is 10.8 Å². The Bertz CT molecular complexity index is 1080. The number of anilines is 1. The number of ether oxygens (including phenoxy) is 2. The molecule has 0 spiro atoms. The highest BCUT2D eigenvalue weighted by atomic mass is 35.5. The van der Waals surface area contributed by atoms with Crippen molar-refractivity contribution in [3.63, 3.8) is 0 Å². The molecule has 4 aromatic rings. The van der Waals surface area contributed by atoms with Crippen molar-refractivity contribution in [3.8, 4) is 0 Å². The Balaban J connectivity index is 1.37. The molecule has 2 aromatic carbocycles. The highest BCUT2D eigenvalue weighted by molar-refractivity contribution is 6.33. The number of hydrogen-bond acceptors (Lipinski definition) is 6. The lowest BCUT2D eigenvalue weighted by Gasteiger charge is -2.18. The maximum atomic E-state index is 6.14. The van der Waals surface area contributed by atoms with Gasteiger partial charge in [-0.2, -0.15) is 9.97 Å². The van der Waals surface area contributed by atoms with E-state index in [-0.39, 0.29) is 17.0 Å². The van der Waals surface area contributed by atoms with Crippen LogP contribution in [0.15, 0.2) is 67.0 Å². The quantitative estimate of drug-likeness (QED) is 0.338. The van der Waals surface area contributed by atoms with Crippen LogP contribution in [-0.2, 0) is 29.2 Å². The summed E-state index contributed by atoms with van der Waals surface area (Å²) in [6.07, 6.45) is 2.55. The molecule has 2 heterocycles. The second-order valence-corrected chi connectivity index (χ2v) is 8.00. The number of imidazole rings is 1. The molecule has 32 heavy (non-hydrogen) atoms. The Hall–Kier alpha value is -3.00. The lowest BCUT2D eigenvalue weighted by atomic mass is 10.1. The third kappa shape index (κ3) is 6.03. The minimum atomic E-state index is 0.137. The lowest BCUT2D eigenvalue weighted by molar-refractivity contribution is 0.0226. The fourth-order valence-corrected chi connectivity index (χ4v) is 3.68. The summed E-state index contributed by atoms with van der Waals surface area (Å²) < 4.78 is 14.0. The van der Waals surface area contributed by atoms with Crippen molar-refractivity contribution in [2.45, 2.75) is 26.2 Å². The molecule has 2 N–H and O–H groups in total. The number of fused-ring (bicyclic) bond motifs is 1. The average Bonchev–Trinajstić information content (AvgIpc) is 3.21. The summed E-state index contributed by atoms with van der Waals surface area (Å²) in [7, 11) is 0. The largest absolute Gasteiger partial charge is 0.376 e. The number of rotatable bonds is 11. The molecule has 7 nitrogen and oxygen atoms in total. The van der Waals surface area contributed by atoms with Crippen molar-refractivity contribution < 1.29 is 9.47 Å². The van der Waals surface area contributed by atoms with Gasteiger partial charge in [0.1, 0.15) is 5.52 Å². The molecule has 0 unspecified atom stereocenters. The normalized spacial score (nSPS) is 11.4. The van der Waals surface area contributed by atoms with Crippen LogP contribution in [0.5, 0.6) is 0 Å². The number of hydrogen-bond donors (Lipinski definition) is 1. The van der Waals surface area contributed by atoms with E-state index in [4.69, 9.17) is 26.8 Å². The van der Waals surface area contributed by atoms with Gasteiger partial charge in [-0.15, -0.1) is 0 Å². The Morgan fingerprint density at radius 1 is 0.875 bits per heavy atom. The maximum Gasteiger partial charge on any atom is 0.223 e. The maximum absolute atomic E-state index is 6.14. The van der Waals surface area contributed by atoms with E-state index in [0.717, 1.165) is 17.5 Å². The highest BCUT2D eigenvalue weighted by Crippen LogP contribution is 2.20. The molecular formula is C24H26ClN5O2. The summed E-state index contributed by atoms with van der Waals surface area (Å²) in [4.78, 5) is 12.6. The van der Waals surface area contributed by atoms with Gasteiger partial charge in [0.2, 0.25) is 5.95 Å². The van der Waals surface area contributed by atoms with Crippen molar-refractivity contribution in [2.24, 2.45) is 5.92 Å². The van der Waals surface area contributed by atoms with Crippen LogP contribution in [-0.4, -0.2) is 32.7 Å². The van der Waals surface area contributed by atoms with Crippen molar-refractivity contribution in [2.75, 3.05) is 18.9 Å². The Morgan fingerprint density at radius 3 is 2.06 bits per heavy atom. The van der Waals surface area contributed by atoms with Gasteiger partial charge < -0.3 is 19.8 Å². The standard InChI is InChI=1S/C24H26ClN5O2/c25-22-21-23(29-24(26)28-22)30(17-27-21)12-11-20(15-31-13-18-7-3-1-4-8-18)16-32-14-19-9-5-2-6-10-19/h1-10,17,20H,11-16H2,(H2,26,28,29). The molecule has 8 heteroatoms. The van der Waals surface area contributed by atoms with Crippen LogP contribution < -0.4 is 5.73 Å². The average molecular weight is 452 g/mol. The first-order valence-corrected chi connectivity index (χ1v) is 10.9. The van der Waals surface area contributed by atoms with Crippen molar-refractivity contribution in [3.05, 3.63) is 83.3 Å². The third-order valence-electron chi connectivity index (χ3n) is 5.15. The first kappa shape index (κ1) is 22.2. The van der Waals surface area contributed by atoms with E-state index < -0.39 is 0 Å². The van der Waals surface area contributed by atoms with Crippen LogP contribution in [0.25, 0.3) is 11.2 Å². The summed E-state index contributed by atoms with van der Waals surface area (Å²) in [6, 6.07) is 20.3. The number of aromatic nitrogens is 4. The molecule has 0 bridgehead atoms. The van der Waals surface area contributed by atoms with Crippen molar-refractivity contribution in [1.82, 2.24) is 19.5 Å². The monoisotopic (exact) mass is 451 g/mol. The molecule has 0 atom stereocenters. The molecule has 2 aromatic heterocycles. The van der Waals surface area contributed by atoms with E-state index >= 15 is 0 Å². The Labute approximate surface area is 192 Å². The number of halogens is 1. The van der Waals surface area contributed by atoms with Gasteiger partial charge in [-0.1, -0.05) is 72.3 Å². The van der Waals surface area contributed by atoms with Gasteiger partial charge in [-0.25, -0.2) is 4.98 Å². The fourth-order valence-electron chi connectivity index (χ4n) is 3.46. The van der Waals surface area contributed by atoms with Crippen LogP contribution in [0.3, 0.4) is 0 Å². The number of nitrogen functional groups attached to an aromatic ring is 1. The topological polar surface area (TPSA) is 88.1 Å². The van der Waals surface area contributed by atoms with E-state index in [9.17, 15) is 0 Å². The van der Waals surface area contributed by atoms with Gasteiger partial charge in [0, 0.05) is 12.5 Å². The molecular weight excluding hydrogens is 426 g/mol. The molecule has 0 aliphatic heterocycles. The molecule has 0 radical (unpaired) electrons. The number of nitrogens with two attached hydrogens (primary N) is 1. The third-order valence-corrected chi connectivity index (χ3v) is 5.41. The molecule has 166 valence electrons. The summed E-state index contributed by atoms with van der Waals surface area (Å²) in [5.41, 5.74) is 9.26. The van der Waals surface area contributed by atoms with Crippen molar-refractivity contribution in [1.29, 1.82) is 0 Å². The summed E-state index contributed by atoms with van der Waals surface area (Å²) in [5.74, 6) is 0.340. The molecule has 0 aliphatic carbocycles. The van der Waals surface area contributed by atoms with Crippen LogP contribution >= 0.6 is 11.6 Å². The van der Waals surface area contributed by atoms with E-state index in [2.05, 4.69) is 39.2 Å². The van der Waals surface area contributed by atoms with Crippen molar-refractivity contribution >= 4 is 28.7 Å². The zero-order valence-corrected chi connectivity index (χ0v) is 18.5. The Kier molecular flexibility index (Phi) is 7.66. The molecule has 0 aliphatic rings. The molecule has 0 saturated carbocycles. The predicted molar refractivity (Wildman–Crippen MR) is 125 cm³/mol. The molecule has 0 fully saturated rings. The SMILES string of the molecule is Nc1nc(Cl)c2ncn(CCC(COCc3ccccc3)COCc3ccccc3)c2n1. The van der Waals surface area contributed by atoms with Crippen LogP contribution in [0.4, 0.5) is 5.95 Å². The second-order valence-electron chi connectivity index (χ2n) is 7.64. The van der Waals surface area contributed by atoms with Gasteiger partial charge >= 0.3 is 0 Å². The summed E-state index contributed by atoms with van der Waals surface area (Å²) in [6.45, 7) is 3.02. The van der Waals surface area contributed by atoms with E-state index in [1.54, 1.807) is 6.33 Å². The van der Waals surface area contributed by atoms with Gasteiger partial charge in [-0.3, -0.25) is 0 Å². The molecule has 0 saturated heterocycles. The van der Waals surface area contributed by atoms with Crippen LogP contribution in [0.1, 0.15) is 17.5 Å². The number of nitrogens with zero attached hydrogens (tertiary/aromatic N) is 4. The summed E-state index contributed by atoms with van der Waals surface area (Å²) in [5, 5.41) is 0.264. The van der Waals surface area contributed by atoms with Gasteiger partial charge in [0.05, 0.1) is 32.8 Å². The van der Waals surface area contributed by atoms with Gasteiger partial charge in [-0.05, 0) is 17.5 Å². The predicted octanol–water partition coefficient (Wildman–Crippen LogP) is 4.50. The number of aryl methyl sites for hydroxylation is 1. The zero-order chi connectivity index (χ0) is 22.2. The molecule has 4 rings (SSSR count). The first-order valence-electron chi connectivity index (χ1n) is 10.6. The van der Waals surface area contributed by atoms with E-state index in [1.807, 2.05) is 41.0 Å². The summed E-state index contributed by atoms with van der Waals surface area (Å²) >= 11 is 6.14. The number of benzene rings is 2. The minimum Gasteiger partial charge on any atom is -0.376 e. The second kappa shape index (κ2) is 11.0. The fraction of sp³-hybridized carbons (Fsp3) is 0.292. The van der Waals surface area contributed by atoms with Gasteiger partial charge in [0.25, 0.3) is 0 Å². The smallest absolute Gasteiger partial charge is 0.223 e. The lowest BCUT2D eigenvalue weighted by Crippen LogP contribution is -2.19. The Morgan fingerprint density at radius 2 is 1.47 bits per heavy atom. The van der Waals surface area contributed by atoms with Crippen LogP contribution in [0, 0.1) is 5.92 Å². The highest BCUT2D eigenvalue weighted by Gasteiger charge is 2.14. The zero-order valence-electron chi connectivity index (χ0n) is 17.7. The van der Waals surface area contributed by atoms with Crippen LogP contribution in [0.2, 0.25) is 5.15 Å². The van der Waals surface area contributed by atoms with E-state index in [0.29, 0.717) is 44.1 Å². The van der Waals surface area contributed by atoms with E-state index in [1.165, 1.54) is 0 Å². The molecule has 0 amide bonds.